The maximum atomic E-state index is 13.2. The molecular weight excluding hydrogens is 393 g/mol. The monoisotopic (exact) mass is 419 g/mol. The summed E-state index contributed by atoms with van der Waals surface area (Å²) in [5.41, 5.74) is 1.37. The van der Waals surface area contributed by atoms with Crippen LogP contribution in [0.15, 0.2) is 53.4 Å². The maximum absolute atomic E-state index is 13.2. The Balaban J connectivity index is 1.73. The molecule has 156 valence electrons. The lowest BCUT2D eigenvalue weighted by molar-refractivity contribution is -0.121. The van der Waals surface area contributed by atoms with Gasteiger partial charge in [-0.2, -0.15) is 0 Å². The number of anilines is 1. The first-order valence-corrected chi connectivity index (χ1v) is 11.0. The number of benzene rings is 2. The quantitative estimate of drug-likeness (QED) is 0.714. The second kappa shape index (κ2) is 8.61. The summed E-state index contributed by atoms with van der Waals surface area (Å²) in [6.45, 7) is 2.38. The minimum Gasteiger partial charge on any atom is -0.325 e. The van der Waals surface area contributed by atoms with Crippen molar-refractivity contribution in [3.8, 4) is 0 Å². The van der Waals surface area contributed by atoms with Crippen LogP contribution in [0.4, 0.5) is 10.1 Å². The predicted octanol–water partition coefficient (Wildman–Crippen LogP) is 3.07. The second-order valence-corrected chi connectivity index (χ2v) is 9.66. The van der Waals surface area contributed by atoms with E-state index < -0.39 is 16.1 Å². The van der Waals surface area contributed by atoms with Gasteiger partial charge in [0, 0.05) is 32.4 Å². The molecule has 0 unspecified atom stereocenters. The highest BCUT2D eigenvalue weighted by molar-refractivity contribution is 7.89. The average Bonchev–Trinajstić information content (AvgIpc) is 3.52. The highest BCUT2D eigenvalue weighted by Gasteiger charge is 2.35. The van der Waals surface area contributed by atoms with Gasteiger partial charge in [-0.05, 0) is 55.7 Å². The molecule has 1 atom stereocenters. The number of nitrogens with zero attached hydrogens (tertiary/aromatic N) is 2. The Bertz CT molecular complexity index is 973. The van der Waals surface area contributed by atoms with Crippen LogP contribution >= 0.6 is 0 Å². The first-order valence-electron chi connectivity index (χ1n) is 9.52. The Kier molecular flexibility index (Phi) is 6.36. The third kappa shape index (κ3) is 5.20. The number of rotatable bonds is 8. The molecule has 1 amide bonds. The summed E-state index contributed by atoms with van der Waals surface area (Å²) < 4.78 is 38.9. The largest absolute Gasteiger partial charge is 0.325 e. The number of sulfonamides is 1. The molecule has 1 N–H and O–H groups in total. The Morgan fingerprint density at radius 3 is 2.41 bits per heavy atom. The topological polar surface area (TPSA) is 69.7 Å². The second-order valence-electron chi connectivity index (χ2n) is 7.51. The Morgan fingerprint density at radius 1 is 1.17 bits per heavy atom. The van der Waals surface area contributed by atoms with Crippen molar-refractivity contribution < 1.29 is 17.6 Å². The van der Waals surface area contributed by atoms with Gasteiger partial charge in [-0.1, -0.05) is 18.2 Å². The molecule has 1 aliphatic carbocycles. The van der Waals surface area contributed by atoms with Gasteiger partial charge < -0.3 is 5.32 Å². The average molecular weight is 420 g/mol. The van der Waals surface area contributed by atoms with E-state index in [1.165, 1.54) is 38.4 Å². The third-order valence-corrected chi connectivity index (χ3v) is 6.86. The zero-order chi connectivity index (χ0) is 21.2. The van der Waals surface area contributed by atoms with Gasteiger partial charge >= 0.3 is 0 Å². The minimum atomic E-state index is -3.58. The molecule has 2 aromatic rings. The van der Waals surface area contributed by atoms with E-state index in [1.807, 2.05) is 6.92 Å². The first kappa shape index (κ1) is 21.4. The van der Waals surface area contributed by atoms with Crippen molar-refractivity contribution in [3.05, 3.63) is 59.9 Å². The molecule has 0 heterocycles. The molecule has 3 rings (SSSR count). The number of hydrogen-bond donors (Lipinski definition) is 1. The van der Waals surface area contributed by atoms with E-state index in [-0.39, 0.29) is 16.6 Å². The van der Waals surface area contributed by atoms with Crippen LogP contribution in [0, 0.1) is 5.82 Å². The Morgan fingerprint density at radius 2 is 1.83 bits per heavy atom. The van der Waals surface area contributed by atoms with Gasteiger partial charge in [0.15, 0.2) is 0 Å². The van der Waals surface area contributed by atoms with Crippen molar-refractivity contribution >= 4 is 21.6 Å². The van der Waals surface area contributed by atoms with Gasteiger partial charge in [-0.25, -0.2) is 17.1 Å². The Hall–Kier alpha value is -2.29. The van der Waals surface area contributed by atoms with E-state index >= 15 is 0 Å². The van der Waals surface area contributed by atoms with Crippen LogP contribution in [0.3, 0.4) is 0 Å². The lowest BCUT2D eigenvalue weighted by Gasteiger charge is -2.28. The SMILES string of the molecule is C[C@H](C(=O)Nc1cccc(S(=O)(=O)N(C)C)c1)N(Cc1ccc(F)cc1)C1CC1. The molecule has 0 aliphatic heterocycles. The van der Waals surface area contributed by atoms with E-state index in [2.05, 4.69) is 10.2 Å². The molecule has 0 spiro atoms. The van der Waals surface area contributed by atoms with E-state index in [9.17, 15) is 17.6 Å². The van der Waals surface area contributed by atoms with Crippen molar-refractivity contribution in [1.29, 1.82) is 0 Å². The molecule has 1 aliphatic rings. The molecule has 0 saturated heterocycles. The summed E-state index contributed by atoms with van der Waals surface area (Å²) in [6, 6.07) is 12.4. The van der Waals surface area contributed by atoms with Gasteiger partial charge in [-0.15, -0.1) is 0 Å². The van der Waals surface area contributed by atoms with Crippen LogP contribution in [-0.4, -0.2) is 49.7 Å². The molecule has 0 aromatic heterocycles. The maximum Gasteiger partial charge on any atom is 0.242 e. The van der Waals surface area contributed by atoms with E-state index in [1.54, 1.807) is 24.3 Å². The summed E-state index contributed by atoms with van der Waals surface area (Å²) in [4.78, 5) is 15.1. The lowest BCUT2D eigenvalue weighted by atomic mass is 10.1. The molecule has 6 nitrogen and oxygen atoms in total. The van der Waals surface area contributed by atoms with Gasteiger partial charge in [0.2, 0.25) is 15.9 Å². The number of halogens is 1. The van der Waals surface area contributed by atoms with Gasteiger partial charge in [0.1, 0.15) is 5.82 Å². The van der Waals surface area contributed by atoms with E-state index in [4.69, 9.17) is 0 Å². The normalized spacial score (nSPS) is 15.5. The molecule has 8 heteroatoms. The zero-order valence-electron chi connectivity index (χ0n) is 16.8. The summed E-state index contributed by atoms with van der Waals surface area (Å²) in [6.07, 6.45) is 2.05. The predicted molar refractivity (Wildman–Crippen MR) is 110 cm³/mol. The molecular formula is C21H26FN3O3S. The molecule has 1 saturated carbocycles. The summed E-state index contributed by atoms with van der Waals surface area (Å²) >= 11 is 0. The van der Waals surface area contributed by atoms with Crippen molar-refractivity contribution in [2.24, 2.45) is 0 Å². The van der Waals surface area contributed by atoms with Crippen molar-refractivity contribution in [3.63, 3.8) is 0 Å². The van der Waals surface area contributed by atoms with Crippen LogP contribution in [0.2, 0.25) is 0 Å². The highest BCUT2D eigenvalue weighted by Crippen LogP contribution is 2.30. The van der Waals surface area contributed by atoms with Crippen molar-refractivity contribution in [2.45, 2.75) is 43.3 Å². The minimum absolute atomic E-state index is 0.123. The number of nitrogens with one attached hydrogen (secondary N) is 1. The summed E-state index contributed by atoms with van der Waals surface area (Å²) in [7, 11) is -0.651. The number of carbonyl (C=O) groups is 1. The highest BCUT2D eigenvalue weighted by atomic mass is 32.2. The van der Waals surface area contributed by atoms with E-state index in [0.29, 0.717) is 18.3 Å². The van der Waals surface area contributed by atoms with Crippen LogP contribution in [0.25, 0.3) is 0 Å². The number of carbonyl (C=O) groups excluding carboxylic acids is 1. The molecule has 0 bridgehead atoms. The van der Waals surface area contributed by atoms with Crippen LogP contribution in [0.1, 0.15) is 25.3 Å². The number of hydrogen-bond acceptors (Lipinski definition) is 4. The smallest absolute Gasteiger partial charge is 0.242 e. The van der Waals surface area contributed by atoms with Gasteiger partial charge in [0.05, 0.1) is 10.9 Å². The fraction of sp³-hybridized carbons (Fsp3) is 0.381. The fourth-order valence-corrected chi connectivity index (χ4v) is 4.08. The lowest BCUT2D eigenvalue weighted by Crippen LogP contribution is -2.43. The third-order valence-electron chi connectivity index (χ3n) is 5.05. The summed E-state index contributed by atoms with van der Waals surface area (Å²) in [5.74, 6) is -0.497. The van der Waals surface area contributed by atoms with Crippen LogP contribution < -0.4 is 5.32 Å². The van der Waals surface area contributed by atoms with Crippen molar-refractivity contribution in [1.82, 2.24) is 9.21 Å². The number of amides is 1. The Labute approximate surface area is 171 Å². The first-order chi connectivity index (χ1) is 13.7. The molecule has 1 fully saturated rings. The zero-order valence-corrected chi connectivity index (χ0v) is 17.6. The van der Waals surface area contributed by atoms with Gasteiger partial charge in [-0.3, -0.25) is 9.69 Å². The molecule has 2 aromatic carbocycles. The standard InChI is InChI=1S/C21H26FN3O3S/c1-15(25(19-11-12-19)14-16-7-9-17(22)10-8-16)21(26)23-18-5-4-6-20(13-18)29(27,28)24(2)3/h4-10,13,15,19H,11-12,14H2,1-3H3,(H,23,26)/t15-/m1/s1. The van der Waals surface area contributed by atoms with Crippen LogP contribution in [-0.2, 0) is 21.4 Å². The summed E-state index contributed by atoms with van der Waals surface area (Å²) in [5, 5.41) is 2.83. The van der Waals surface area contributed by atoms with Gasteiger partial charge in [0.25, 0.3) is 0 Å². The molecule has 29 heavy (non-hydrogen) atoms. The fourth-order valence-electron chi connectivity index (χ4n) is 3.13. The van der Waals surface area contributed by atoms with Crippen molar-refractivity contribution in [2.75, 3.05) is 19.4 Å². The van der Waals surface area contributed by atoms with Crippen LogP contribution in [0.5, 0.6) is 0 Å². The van der Waals surface area contributed by atoms with E-state index in [0.717, 1.165) is 22.7 Å². The molecule has 0 radical (unpaired) electrons.